The Kier molecular flexibility index (Phi) is 10.1. The Morgan fingerprint density at radius 3 is 2.57 bits per heavy atom. The van der Waals surface area contributed by atoms with Gasteiger partial charge in [0.05, 0.1) is 30.3 Å². The van der Waals surface area contributed by atoms with Crippen LogP contribution < -0.4 is 15.6 Å². The highest BCUT2D eigenvalue weighted by Crippen LogP contribution is 2.38. The molecule has 1 unspecified atom stereocenters. The fourth-order valence-electron chi connectivity index (χ4n) is 4.55. The molecule has 2 aromatic heterocycles. The van der Waals surface area contributed by atoms with E-state index in [0.29, 0.717) is 50.3 Å². The number of hydrogen-bond donors (Lipinski definition) is 1. The topological polar surface area (TPSA) is 133 Å². The van der Waals surface area contributed by atoms with Crippen molar-refractivity contribution in [2.45, 2.75) is 52.7 Å². The maximum Gasteiger partial charge on any atom is 0.258 e. The summed E-state index contributed by atoms with van der Waals surface area (Å²) in [6, 6.07) is 10.7. The van der Waals surface area contributed by atoms with E-state index in [-0.39, 0.29) is 18.9 Å². The predicted octanol–water partition coefficient (Wildman–Crippen LogP) is 6.98. The van der Waals surface area contributed by atoms with E-state index >= 15 is 0 Å². The number of aromatic nitrogens is 3. The van der Waals surface area contributed by atoms with Crippen molar-refractivity contribution >= 4 is 47.5 Å². The maximum absolute atomic E-state index is 13.8. The summed E-state index contributed by atoms with van der Waals surface area (Å²) in [5, 5.41) is 7.22. The van der Waals surface area contributed by atoms with Gasteiger partial charge in [-0.3, -0.25) is 24.1 Å². The summed E-state index contributed by atoms with van der Waals surface area (Å²) < 4.78 is 18.4. The first-order valence-electron chi connectivity index (χ1n) is 13.9. The van der Waals surface area contributed by atoms with Gasteiger partial charge in [-0.2, -0.15) is 4.98 Å². The molecular formula is C32H35ClN6O5. The van der Waals surface area contributed by atoms with Gasteiger partial charge >= 0.3 is 0 Å². The van der Waals surface area contributed by atoms with E-state index in [0.717, 1.165) is 0 Å². The van der Waals surface area contributed by atoms with Crippen molar-refractivity contribution in [1.82, 2.24) is 14.7 Å². The Hall–Kier alpha value is -4.61. The quantitative estimate of drug-likeness (QED) is 0.179. The van der Waals surface area contributed by atoms with Gasteiger partial charge in [0.15, 0.2) is 5.82 Å². The molecule has 0 aliphatic carbocycles. The number of ether oxygens (including phenoxy) is 2. The fraction of sp³-hybridized carbons (Fsp3) is 0.312. The number of halogens is 1. The Balaban J connectivity index is 1.77. The van der Waals surface area contributed by atoms with E-state index in [1.54, 1.807) is 56.5 Å². The molecule has 11 nitrogen and oxygen atoms in total. The Morgan fingerprint density at radius 2 is 1.93 bits per heavy atom. The fourth-order valence-corrected chi connectivity index (χ4v) is 4.72. The van der Waals surface area contributed by atoms with Crippen LogP contribution >= 0.6 is 11.6 Å². The number of anilines is 1. The first kappa shape index (κ1) is 32.3. The zero-order valence-electron chi connectivity index (χ0n) is 25.6. The molecule has 12 heteroatoms. The number of aryl methyl sites for hydroxylation is 1. The molecule has 0 aliphatic heterocycles. The lowest BCUT2D eigenvalue weighted by atomic mass is 9.99. The van der Waals surface area contributed by atoms with E-state index in [4.69, 9.17) is 25.6 Å². The molecule has 4 aromatic rings. The summed E-state index contributed by atoms with van der Waals surface area (Å²) in [5.74, 6) is 0.629. The van der Waals surface area contributed by atoms with Crippen LogP contribution in [0.5, 0.6) is 5.75 Å². The van der Waals surface area contributed by atoms with E-state index in [9.17, 15) is 9.59 Å². The van der Waals surface area contributed by atoms with Crippen molar-refractivity contribution in [3.8, 4) is 28.3 Å². The molecule has 2 heterocycles. The minimum absolute atomic E-state index is 0.208. The highest BCUT2D eigenvalue weighted by Gasteiger charge is 2.26. The van der Waals surface area contributed by atoms with Gasteiger partial charge in [0.25, 0.3) is 11.4 Å². The van der Waals surface area contributed by atoms with Gasteiger partial charge in [0.2, 0.25) is 5.91 Å². The molecule has 1 atom stereocenters. The van der Waals surface area contributed by atoms with Crippen molar-refractivity contribution in [3.63, 3.8) is 0 Å². The molecule has 0 saturated carbocycles. The summed E-state index contributed by atoms with van der Waals surface area (Å²) in [6.07, 6.45) is 3.37. The second kappa shape index (κ2) is 13.8. The first-order valence-corrected chi connectivity index (χ1v) is 14.3. The van der Waals surface area contributed by atoms with Gasteiger partial charge in [-0.1, -0.05) is 16.8 Å². The zero-order chi connectivity index (χ0) is 32.0. The van der Waals surface area contributed by atoms with Crippen molar-refractivity contribution in [1.29, 1.82) is 0 Å². The number of amides is 1. The minimum atomic E-state index is -0.946. The largest absolute Gasteiger partial charge is 0.495 e. The monoisotopic (exact) mass is 618 g/mol. The lowest BCUT2D eigenvalue weighted by Gasteiger charge is -2.24. The highest BCUT2D eigenvalue weighted by atomic mass is 35.5. The number of carbonyl (C=O) groups is 1. The number of benzene rings is 2. The van der Waals surface area contributed by atoms with Crippen LogP contribution in [0.25, 0.3) is 22.6 Å². The van der Waals surface area contributed by atoms with Crippen molar-refractivity contribution in [2.24, 2.45) is 9.98 Å². The molecule has 0 bridgehead atoms. The number of pyridine rings is 1. The first-order chi connectivity index (χ1) is 20.9. The molecule has 0 radical (unpaired) electrons. The van der Waals surface area contributed by atoms with Gasteiger partial charge in [0, 0.05) is 47.1 Å². The molecule has 4 rings (SSSR count). The SMILES string of the molecule is C=Nc1cc(NC(=O)C(CCOC(C)(C)C)n2cc(OC)c(-c3cc(Cl)ccc3-c3nc(C)no3)cc2=O)ccc1N=CC. The van der Waals surface area contributed by atoms with Crippen molar-refractivity contribution in [2.75, 3.05) is 19.0 Å². The van der Waals surface area contributed by atoms with Gasteiger partial charge in [0.1, 0.15) is 11.8 Å². The normalized spacial score (nSPS) is 12.3. The number of hydrogen-bond acceptors (Lipinski definition) is 9. The third-order valence-electron chi connectivity index (χ3n) is 6.54. The molecule has 0 aliphatic rings. The van der Waals surface area contributed by atoms with Gasteiger partial charge in [-0.05, 0) is 83.3 Å². The lowest BCUT2D eigenvalue weighted by Crippen LogP contribution is -2.34. The summed E-state index contributed by atoms with van der Waals surface area (Å²) >= 11 is 6.36. The number of aliphatic imine (C=N–C) groups is 2. The van der Waals surface area contributed by atoms with Crippen LogP contribution in [0.4, 0.5) is 17.1 Å². The molecular weight excluding hydrogens is 584 g/mol. The average molecular weight is 619 g/mol. The van der Waals surface area contributed by atoms with Crippen LogP contribution in [0.15, 0.2) is 68.0 Å². The maximum atomic E-state index is 13.8. The van der Waals surface area contributed by atoms with E-state index in [2.05, 4.69) is 32.2 Å². The number of carbonyl (C=O) groups excluding carboxylic acids is 1. The molecule has 44 heavy (non-hydrogen) atoms. The van der Waals surface area contributed by atoms with Gasteiger partial charge in [-0.15, -0.1) is 0 Å². The molecule has 2 aromatic carbocycles. The molecule has 0 saturated heterocycles. The van der Waals surface area contributed by atoms with Gasteiger partial charge < -0.3 is 19.3 Å². The highest BCUT2D eigenvalue weighted by molar-refractivity contribution is 6.31. The third kappa shape index (κ3) is 7.66. The van der Waals surface area contributed by atoms with Crippen molar-refractivity contribution in [3.05, 3.63) is 69.9 Å². The second-order valence-corrected chi connectivity index (χ2v) is 11.3. The number of nitrogens with zero attached hydrogens (tertiary/aromatic N) is 5. The summed E-state index contributed by atoms with van der Waals surface area (Å²) in [5.41, 5.74) is 2.29. The Labute approximate surface area is 260 Å². The molecule has 0 spiro atoms. The summed E-state index contributed by atoms with van der Waals surface area (Å²) in [7, 11) is 1.48. The average Bonchev–Trinajstić information content (AvgIpc) is 3.41. The molecule has 1 N–H and O–H groups in total. The Morgan fingerprint density at radius 1 is 1.16 bits per heavy atom. The second-order valence-electron chi connectivity index (χ2n) is 10.8. The minimum Gasteiger partial charge on any atom is -0.495 e. The van der Waals surface area contributed by atoms with Crippen LogP contribution in [-0.4, -0.2) is 52.9 Å². The van der Waals surface area contributed by atoms with Crippen molar-refractivity contribution < 1.29 is 18.8 Å². The van der Waals surface area contributed by atoms with E-state index in [1.165, 1.54) is 23.9 Å². The third-order valence-corrected chi connectivity index (χ3v) is 6.78. The number of nitrogens with one attached hydrogen (secondary N) is 1. The summed E-state index contributed by atoms with van der Waals surface area (Å²) in [4.78, 5) is 40.2. The zero-order valence-corrected chi connectivity index (χ0v) is 26.3. The lowest BCUT2D eigenvalue weighted by molar-refractivity contribution is -0.120. The van der Waals surface area contributed by atoms with E-state index < -0.39 is 23.1 Å². The molecule has 230 valence electrons. The number of rotatable bonds is 11. The van der Waals surface area contributed by atoms with Gasteiger partial charge in [-0.25, -0.2) is 0 Å². The van der Waals surface area contributed by atoms with Crippen LogP contribution in [0.2, 0.25) is 5.02 Å². The Bertz CT molecular complexity index is 1750. The predicted molar refractivity (Wildman–Crippen MR) is 173 cm³/mol. The molecule has 1 amide bonds. The van der Waals surface area contributed by atoms with Crippen LogP contribution in [0, 0.1) is 6.92 Å². The van der Waals surface area contributed by atoms with Crippen LogP contribution in [0.1, 0.15) is 46.0 Å². The number of methoxy groups -OCH3 is 1. The van der Waals surface area contributed by atoms with Crippen LogP contribution in [0.3, 0.4) is 0 Å². The van der Waals surface area contributed by atoms with Crippen LogP contribution in [-0.2, 0) is 9.53 Å². The standard InChI is InChI=1S/C32H35ClN6O5/c1-8-35-25-12-10-21(16-26(25)34-6)37-30(41)27(13-14-43-32(3,4)5)39-18-28(42-7)24(17-29(39)40)23-15-20(33)9-11-22(23)31-36-19(2)38-44-31/h8-12,15-18,27H,6,13-14H2,1-5,7H3,(H,37,41). The smallest absolute Gasteiger partial charge is 0.258 e. The molecule has 0 fully saturated rings. The van der Waals surface area contributed by atoms with E-state index in [1.807, 2.05) is 20.8 Å². The summed E-state index contributed by atoms with van der Waals surface area (Å²) in [6.45, 7) is 13.1.